The van der Waals surface area contributed by atoms with E-state index in [1.54, 1.807) is 17.4 Å². The molecule has 27 heavy (non-hydrogen) atoms. The molecule has 0 saturated carbocycles. The number of piperidine rings is 1. The summed E-state index contributed by atoms with van der Waals surface area (Å²) in [4.78, 5) is 21.5. The number of nitrogens with zero attached hydrogens (tertiary/aromatic N) is 3. The topological polar surface area (TPSA) is 72.4 Å². The summed E-state index contributed by atoms with van der Waals surface area (Å²) in [6.45, 7) is 5.45. The maximum absolute atomic E-state index is 12.6. The molecule has 0 aliphatic carbocycles. The number of furan rings is 1. The molecular formula is C20H23N3O3S. The molecule has 7 heteroatoms. The Hall–Kier alpha value is -2.41. The van der Waals surface area contributed by atoms with Gasteiger partial charge in [0.25, 0.3) is 5.91 Å². The second-order valence-electron chi connectivity index (χ2n) is 6.92. The van der Waals surface area contributed by atoms with Crippen molar-refractivity contribution in [1.29, 1.82) is 0 Å². The van der Waals surface area contributed by atoms with E-state index in [1.807, 2.05) is 17.9 Å². The van der Waals surface area contributed by atoms with Crippen LogP contribution in [0.4, 0.5) is 0 Å². The molecule has 3 aromatic rings. The van der Waals surface area contributed by atoms with Gasteiger partial charge in [-0.15, -0.1) is 11.3 Å². The van der Waals surface area contributed by atoms with Crippen LogP contribution in [-0.4, -0.2) is 34.0 Å². The number of hydrogen-bond acceptors (Lipinski definition) is 6. The van der Waals surface area contributed by atoms with Crippen molar-refractivity contribution in [2.24, 2.45) is 0 Å². The first-order valence-corrected chi connectivity index (χ1v) is 10.2. The summed E-state index contributed by atoms with van der Waals surface area (Å²) in [6, 6.07) is 7.85. The third kappa shape index (κ3) is 3.98. The Balaban J connectivity index is 1.34. The van der Waals surface area contributed by atoms with Gasteiger partial charge in [0.1, 0.15) is 5.76 Å². The van der Waals surface area contributed by atoms with Gasteiger partial charge < -0.3 is 13.8 Å². The Morgan fingerprint density at radius 1 is 1.26 bits per heavy atom. The van der Waals surface area contributed by atoms with Gasteiger partial charge in [0.05, 0.1) is 0 Å². The molecule has 4 heterocycles. The van der Waals surface area contributed by atoms with Crippen LogP contribution in [0.3, 0.4) is 0 Å². The zero-order valence-corrected chi connectivity index (χ0v) is 16.4. The number of carbonyl (C=O) groups is 1. The lowest BCUT2D eigenvalue weighted by Crippen LogP contribution is -2.37. The van der Waals surface area contributed by atoms with Crippen molar-refractivity contribution >= 4 is 17.2 Å². The van der Waals surface area contributed by atoms with Gasteiger partial charge >= 0.3 is 0 Å². The van der Waals surface area contributed by atoms with Crippen LogP contribution in [0.1, 0.15) is 63.5 Å². The highest BCUT2D eigenvalue weighted by Crippen LogP contribution is 2.28. The number of aryl methyl sites for hydroxylation is 2. The zero-order chi connectivity index (χ0) is 18.8. The monoisotopic (exact) mass is 385 g/mol. The number of hydrogen-bond donors (Lipinski definition) is 0. The molecule has 0 spiro atoms. The van der Waals surface area contributed by atoms with Crippen LogP contribution in [0, 0.1) is 6.92 Å². The minimum atomic E-state index is -0.0348. The molecule has 1 saturated heterocycles. The smallest absolute Gasteiger partial charge is 0.289 e. The highest BCUT2D eigenvalue weighted by Gasteiger charge is 2.29. The number of carbonyl (C=O) groups excluding carboxylic acids is 1. The highest BCUT2D eigenvalue weighted by atomic mass is 32.1. The molecule has 142 valence electrons. The Kier molecular flexibility index (Phi) is 5.11. The Morgan fingerprint density at radius 3 is 2.74 bits per heavy atom. The lowest BCUT2D eigenvalue weighted by atomic mass is 9.96. The van der Waals surface area contributed by atoms with Crippen molar-refractivity contribution in [3.05, 3.63) is 57.3 Å². The number of thiophene rings is 1. The largest absolute Gasteiger partial charge is 0.456 e. The van der Waals surface area contributed by atoms with Gasteiger partial charge in [-0.2, -0.15) is 4.98 Å². The van der Waals surface area contributed by atoms with E-state index in [2.05, 4.69) is 29.2 Å². The Labute approximate surface area is 162 Å². The molecule has 6 nitrogen and oxygen atoms in total. The summed E-state index contributed by atoms with van der Waals surface area (Å²) >= 11 is 1.76. The lowest BCUT2D eigenvalue weighted by molar-refractivity contribution is 0.0670. The number of rotatable bonds is 5. The van der Waals surface area contributed by atoms with Crippen LogP contribution in [0.5, 0.6) is 0 Å². The van der Waals surface area contributed by atoms with E-state index in [1.165, 1.54) is 9.75 Å². The van der Waals surface area contributed by atoms with Crippen molar-refractivity contribution < 1.29 is 13.7 Å². The maximum Gasteiger partial charge on any atom is 0.289 e. The molecular weight excluding hydrogens is 362 g/mol. The Morgan fingerprint density at radius 2 is 2.07 bits per heavy atom. The molecule has 1 aliphatic heterocycles. The van der Waals surface area contributed by atoms with E-state index in [9.17, 15) is 4.79 Å². The molecule has 1 fully saturated rings. The normalized spacial score (nSPS) is 15.4. The SMILES string of the molecule is CCc1ccc(C(=O)N2CCC(c3nc(Cc4ccc(C)s4)no3)CC2)o1. The van der Waals surface area contributed by atoms with Crippen LogP contribution in [0.25, 0.3) is 0 Å². The summed E-state index contributed by atoms with van der Waals surface area (Å²) in [5.74, 6) is 2.87. The predicted molar refractivity (Wildman–Crippen MR) is 102 cm³/mol. The summed E-state index contributed by atoms with van der Waals surface area (Å²) in [6.07, 6.45) is 3.15. The molecule has 4 rings (SSSR count). The van der Waals surface area contributed by atoms with Crippen molar-refractivity contribution in [3.8, 4) is 0 Å². The van der Waals surface area contributed by atoms with Crippen LogP contribution in [-0.2, 0) is 12.8 Å². The summed E-state index contributed by atoms with van der Waals surface area (Å²) in [7, 11) is 0. The van der Waals surface area contributed by atoms with Gasteiger partial charge in [-0.3, -0.25) is 4.79 Å². The number of aromatic nitrogens is 2. The van der Waals surface area contributed by atoms with Gasteiger partial charge in [-0.1, -0.05) is 12.1 Å². The second-order valence-corrected chi connectivity index (χ2v) is 8.30. The van der Waals surface area contributed by atoms with Crippen molar-refractivity contribution in [1.82, 2.24) is 15.0 Å². The van der Waals surface area contributed by atoms with E-state index in [0.29, 0.717) is 31.2 Å². The van der Waals surface area contributed by atoms with Crippen LogP contribution in [0.15, 0.2) is 33.2 Å². The summed E-state index contributed by atoms with van der Waals surface area (Å²) < 4.78 is 11.1. The molecule has 1 aliphatic rings. The van der Waals surface area contributed by atoms with E-state index >= 15 is 0 Å². The van der Waals surface area contributed by atoms with Crippen LogP contribution >= 0.6 is 11.3 Å². The first-order chi connectivity index (χ1) is 13.1. The predicted octanol–water partition coefficient (Wildman–Crippen LogP) is 4.21. The van der Waals surface area contributed by atoms with Crippen LogP contribution in [0.2, 0.25) is 0 Å². The number of likely N-dealkylation sites (tertiary alicyclic amines) is 1. The van der Waals surface area contributed by atoms with E-state index in [4.69, 9.17) is 8.94 Å². The average Bonchev–Trinajstić information content (AvgIpc) is 3.43. The minimum Gasteiger partial charge on any atom is -0.456 e. The second kappa shape index (κ2) is 7.68. The van der Waals surface area contributed by atoms with Gasteiger partial charge in [-0.25, -0.2) is 0 Å². The van der Waals surface area contributed by atoms with Gasteiger partial charge in [-0.05, 0) is 44.0 Å². The van der Waals surface area contributed by atoms with Gasteiger partial charge in [0.2, 0.25) is 5.89 Å². The molecule has 0 bridgehead atoms. The third-order valence-electron chi connectivity index (χ3n) is 4.96. The number of amides is 1. The fourth-order valence-corrected chi connectivity index (χ4v) is 4.30. The molecule has 0 radical (unpaired) electrons. The molecule has 1 amide bonds. The van der Waals surface area contributed by atoms with Crippen molar-refractivity contribution in [2.75, 3.05) is 13.1 Å². The van der Waals surface area contributed by atoms with E-state index < -0.39 is 0 Å². The first kappa shape index (κ1) is 18.0. The maximum atomic E-state index is 12.6. The fourth-order valence-electron chi connectivity index (χ4n) is 3.41. The summed E-state index contributed by atoms with van der Waals surface area (Å²) in [5.41, 5.74) is 0. The van der Waals surface area contributed by atoms with E-state index in [-0.39, 0.29) is 11.8 Å². The van der Waals surface area contributed by atoms with E-state index in [0.717, 1.165) is 30.8 Å². The molecule has 0 N–H and O–H groups in total. The highest BCUT2D eigenvalue weighted by molar-refractivity contribution is 7.11. The van der Waals surface area contributed by atoms with Crippen molar-refractivity contribution in [2.45, 2.75) is 45.4 Å². The lowest BCUT2D eigenvalue weighted by Gasteiger charge is -2.29. The molecule has 0 unspecified atom stereocenters. The quantitative estimate of drug-likeness (QED) is 0.658. The third-order valence-corrected chi connectivity index (χ3v) is 5.97. The average molecular weight is 385 g/mol. The summed E-state index contributed by atoms with van der Waals surface area (Å²) in [5, 5.41) is 4.13. The zero-order valence-electron chi connectivity index (χ0n) is 15.6. The molecule has 0 atom stereocenters. The Bertz CT molecular complexity index is 918. The first-order valence-electron chi connectivity index (χ1n) is 9.38. The fraction of sp³-hybridized carbons (Fsp3) is 0.450. The van der Waals surface area contributed by atoms with Gasteiger partial charge in [0, 0.05) is 41.6 Å². The van der Waals surface area contributed by atoms with Crippen molar-refractivity contribution in [3.63, 3.8) is 0 Å². The minimum absolute atomic E-state index is 0.0348. The molecule has 3 aromatic heterocycles. The van der Waals surface area contributed by atoms with Gasteiger partial charge in [0.15, 0.2) is 11.6 Å². The standard InChI is InChI=1S/C20H23N3O3S/c1-3-15-5-7-17(25-15)20(24)23-10-8-14(9-11-23)19-21-18(22-26-19)12-16-6-4-13(2)27-16/h4-7,14H,3,8-12H2,1-2H3. The van der Waals surface area contributed by atoms with Crippen LogP contribution < -0.4 is 0 Å². The molecule has 0 aromatic carbocycles.